The van der Waals surface area contributed by atoms with Gasteiger partial charge in [0.1, 0.15) is 5.75 Å². The molecule has 106 valence electrons. The molecular weight excluding hydrogens is 254 g/mol. The van der Waals surface area contributed by atoms with Crippen molar-refractivity contribution < 1.29 is 9.53 Å². The van der Waals surface area contributed by atoms with Gasteiger partial charge in [0.2, 0.25) is 5.91 Å². The van der Waals surface area contributed by atoms with Crippen LogP contribution in [0, 0.1) is 17.2 Å². The van der Waals surface area contributed by atoms with Gasteiger partial charge in [0.25, 0.3) is 0 Å². The number of amides is 1. The molecule has 0 bridgehead atoms. The van der Waals surface area contributed by atoms with E-state index in [-0.39, 0.29) is 17.9 Å². The Morgan fingerprint density at radius 1 is 1.45 bits per heavy atom. The molecule has 0 aromatic heterocycles. The Morgan fingerprint density at radius 2 is 2.15 bits per heavy atom. The second-order valence-corrected chi connectivity index (χ2v) is 5.54. The van der Waals surface area contributed by atoms with E-state index in [1.165, 1.54) is 0 Å². The van der Waals surface area contributed by atoms with Gasteiger partial charge in [-0.1, -0.05) is 12.1 Å². The largest absolute Gasteiger partial charge is 0.497 e. The van der Waals surface area contributed by atoms with Crippen molar-refractivity contribution in [2.45, 2.75) is 25.4 Å². The summed E-state index contributed by atoms with van der Waals surface area (Å²) >= 11 is 0. The fraction of sp³-hybridized carbons (Fsp3) is 0.467. The highest BCUT2D eigenvalue weighted by Crippen LogP contribution is 2.50. The van der Waals surface area contributed by atoms with Crippen LogP contribution in [0.2, 0.25) is 0 Å². The lowest BCUT2D eigenvalue weighted by molar-refractivity contribution is -0.119. The smallest absolute Gasteiger partial charge is 0.222 e. The normalized spacial score (nSPS) is 27.9. The lowest BCUT2D eigenvalue weighted by Crippen LogP contribution is -2.37. The first-order valence-electron chi connectivity index (χ1n) is 6.88. The van der Waals surface area contributed by atoms with E-state index in [2.05, 4.69) is 0 Å². The molecule has 1 heterocycles. The van der Waals surface area contributed by atoms with Crippen molar-refractivity contribution >= 4 is 11.7 Å². The molecule has 3 rings (SSSR count). The minimum absolute atomic E-state index is 0.0731. The highest BCUT2D eigenvalue weighted by atomic mass is 16.5. The van der Waals surface area contributed by atoms with Crippen molar-refractivity contribution in [3.05, 3.63) is 29.8 Å². The Labute approximate surface area is 118 Å². The number of nitrogens with one attached hydrogen (secondary N) is 1. The van der Waals surface area contributed by atoms with Gasteiger partial charge < -0.3 is 15.4 Å². The minimum Gasteiger partial charge on any atom is -0.497 e. The monoisotopic (exact) mass is 273 g/mol. The van der Waals surface area contributed by atoms with Gasteiger partial charge in [0.05, 0.1) is 18.9 Å². The van der Waals surface area contributed by atoms with E-state index in [1.54, 1.807) is 7.11 Å². The number of rotatable bonds is 4. The molecule has 1 saturated heterocycles. The van der Waals surface area contributed by atoms with Gasteiger partial charge in [-0.2, -0.15) is 0 Å². The molecule has 0 radical (unpaired) electrons. The van der Waals surface area contributed by atoms with Gasteiger partial charge in [0, 0.05) is 19.0 Å². The Bertz CT molecular complexity index is 541. The molecule has 1 aliphatic carbocycles. The summed E-state index contributed by atoms with van der Waals surface area (Å²) in [6.45, 7) is 0.660. The van der Waals surface area contributed by atoms with Crippen molar-refractivity contribution in [2.24, 2.45) is 17.6 Å². The molecule has 5 heteroatoms. The molecule has 3 N–H and O–H groups in total. The number of carbonyl (C=O) groups excluding carboxylic acids is 1. The molecule has 2 aliphatic rings. The number of amidine groups is 1. The van der Waals surface area contributed by atoms with Crippen LogP contribution in [0.15, 0.2) is 24.3 Å². The summed E-state index contributed by atoms with van der Waals surface area (Å²) < 4.78 is 5.14. The standard InChI is InChI=1S/C15H19N3O2/c1-20-10-4-2-9(3-5-10)8-18-12(16)7-6-11-13(14(11)18)15(17)19/h2-5,11,13-14,16H,6-8H2,1H3,(H2,17,19)/t11-,13-,14-/m1/s1. The highest BCUT2D eigenvalue weighted by molar-refractivity contribution is 5.87. The van der Waals surface area contributed by atoms with E-state index in [9.17, 15) is 4.79 Å². The Morgan fingerprint density at radius 3 is 2.75 bits per heavy atom. The van der Waals surface area contributed by atoms with Crippen molar-refractivity contribution in [3.8, 4) is 5.75 Å². The molecule has 0 unspecified atom stereocenters. The number of primary amides is 1. The SMILES string of the molecule is COc1ccc(CN2C(=N)CC[C@@H]3[C@@H](C(N)=O)[C@@H]32)cc1. The number of ether oxygens (including phenoxy) is 1. The number of piperidine rings is 1. The molecule has 2 fully saturated rings. The second-order valence-electron chi connectivity index (χ2n) is 5.54. The molecule has 3 atom stereocenters. The van der Waals surface area contributed by atoms with Gasteiger partial charge in [-0.3, -0.25) is 10.2 Å². The molecule has 20 heavy (non-hydrogen) atoms. The number of methoxy groups -OCH3 is 1. The summed E-state index contributed by atoms with van der Waals surface area (Å²) in [6, 6.07) is 7.96. The third kappa shape index (κ3) is 2.13. The van der Waals surface area contributed by atoms with E-state index in [4.69, 9.17) is 15.9 Å². The number of fused-ring (bicyclic) bond motifs is 1. The van der Waals surface area contributed by atoms with E-state index < -0.39 is 0 Å². The van der Waals surface area contributed by atoms with Crippen LogP contribution in [0.3, 0.4) is 0 Å². The number of nitrogens with zero attached hydrogens (tertiary/aromatic N) is 1. The van der Waals surface area contributed by atoms with Gasteiger partial charge in [-0.15, -0.1) is 0 Å². The Hall–Kier alpha value is -2.04. The lowest BCUT2D eigenvalue weighted by atomic mass is 10.1. The van der Waals surface area contributed by atoms with Crippen LogP contribution in [0.1, 0.15) is 18.4 Å². The summed E-state index contributed by atoms with van der Waals surface area (Å²) in [5.74, 6) is 1.48. The maximum Gasteiger partial charge on any atom is 0.222 e. The Balaban J connectivity index is 1.74. The minimum atomic E-state index is -0.227. The first-order chi connectivity index (χ1) is 9.61. The third-order valence-corrected chi connectivity index (χ3v) is 4.39. The summed E-state index contributed by atoms with van der Waals surface area (Å²) in [4.78, 5) is 13.5. The van der Waals surface area contributed by atoms with E-state index in [1.807, 2.05) is 29.2 Å². The maximum atomic E-state index is 11.4. The summed E-state index contributed by atoms with van der Waals surface area (Å²) in [5, 5.41) is 8.11. The average molecular weight is 273 g/mol. The van der Waals surface area contributed by atoms with Crippen LogP contribution < -0.4 is 10.5 Å². The van der Waals surface area contributed by atoms with Gasteiger partial charge in [-0.05, 0) is 30.0 Å². The first kappa shape index (κ1) is 13.0. The van der Waals surface area contributed by atoms with Crippen molar-refractivity contribution in [2.75, 3.05) is 7.11 Å². The first-order valence-corrected chi connectivity index (χ1v) is 6.88. The van der Waals surface area contributed by atoms with Crippen LogP contribution >= 0.6 is 0 Å². The zero-order valence-electron chi connectivity index (χ0n) is 11.5. The number of nitrogens with two attached hydrogens (primary N) is 1. The fourth-order valence-corrected chi connectivity index (χ4v) is 3.27. The van der Waals surface area contributed by atoms with Gasteiger partial charge in [0.15, 0.2) is 0 Å². The van der Waals surface area contributed by atoms with Crippen LogP contribution in [-0.4, -0.2) is 29.8 Å². The molecule has 1 aliphatic heterocycles. The molecule has 1 saturated carbocycles. The summed E-state index contributed by atoms with van der Waals surface area (Å²) in [6.07, 6.45) is 1.65. The number of hydrogen-bond acceptors (Lipinski definition) is 3. The summed E-state index contributed by atoms with van der Waals surface area (Å²) in [7, 11) is 1.64. The van der Waals surface area contributed by atoms with Crippen LogP contribution in [-0.2, 0) is 11.3 Å². The second kappa shape index (κ2) is 4.81. The number of benzene rings is 1. The van der Waals surface area contributed by atoms with Crippen molar-refractivity contribution in [1.29, 1.82) is 5.41 Å². The van der Waals surface area contributed by atoms with Crippen molar-refractivity contribution in [1.82, 2.24) is 4.90 Å². The van der Waals surface area contributed by atoms with E-state index in [0.29, 0.717) is 18.3 Å². The van der Waals surface area contributed by atoms with Gasteiger partial charge in [-0.25, -0.2) is 0 Å². The fourth-order valence-electron chi connectivity index (χ4n) is 3.27. The van der Waals surface area contributed by atoms with Gasteiger partial charge >= 0.3 is 0 Å². The highest BCUT2D eigenvalue weighted by Gasteiger charge is 2.59. The van der Waals surface area contributed by atoms with Crippen molar-refractivity contribution in [3.63, 3.8) is 0 Å². The number of likely N-dealkylation sites (tertiary alicyclic amines) is 1. The molecular formula is C15H19N3O2. The zero-order chi connectivity index (χ0) is 14.3. The molecule has 5 nitrogen and oxygen atoms in total. The molecule has 0 spiro atoms. The molecule has 1 aromatic carbocycles. The quantitative estimate of drug-likeness (QED) is 0.869. The predicted octanol–water partition coefficient (Wildman–Crippen LogP) is 1.37. The summed E-state index contributed by atoms with van der Waals surface area (Å²) in [5.41, 5.74) is 6.56. The van der Waals surface area contributed by atoms with Crippen LogP contribution in [0.25, 0.3) is 0 Å². The van der Waals surface area contributed by atoms with Crippen LogP contribution in [0.5, 0.6) is 5.75 Å². The average Bonchev–Trinajstić information content (AvgIpc) is 3.17. The lowest BCUT2D eigenvalue weighted by Gasteiger charge is -2.29. The molecule has 1 amide bonds. The zero-order valence-corrected chi connectivity index (χ0v) is 11.5. The Kier molecular flexibility index (Phi) is 3.12. The third-order valence-electron chi connectivity index (χ3n) is 4.39. The van der Waals surface area contributed by atoms with E-state index >= 15 is 0 Å². The van der Waals surface area contributed by atoms with E-state index in [0.717, 1.165) is 24.2 Å². The van der Waals surface area contributed by atoms with Crippen LogP contribution in [0.4, 0.5) is 0 Å². The number of carbonyl (C=O) groups is 1. The number of hydrogen-bond donors (Lipinski definition) is 2. The maximum absolute atomic E-state index is 11.4. The molecule has 1 aromatic rings. The topological polar surface area (TPSA) is 79.4 Å². The predicted molar refractivity (Wildman–Crippen MR) is 75.5 cm³/mol.